The molecule has 1 fully saturated rings. The molecule has 3 heterocycles. The molecule has 0 aliphatic carbocycles. The van der Waals surface area contributed by atoms with Gasteiger partial charge in [0, 0.05) is 23.7 Å². The largest absolute Gasteiger partial charge is 0.339 e. The van der Waals surface area contributed by atoms with Crippen molar-refractivity contribution in [2.24, 2.45) is 0 Å². The Bertz CT molecular complexity index is 878. The number of hydrogen-bond donors (Lipinski definition) is 0. The topological polar surface area (TPSA) is 59.2 Å². The Morgan fingerprint density at radius 1 is 1.32 bits per heavy atom. The lowest BCUT2D eigenvalue weighted by molar-refractivity contribution is 0.0695. The van der Waals surface area contributed by atoms with Crippen LogP contribution in [0.2, 0.25) is 5.02 Å². The van der Waals surface area contributed by atoms with E-state index in [1.54, 1.807) is 35.6 Å². The first-order chi connectivity index (χ1) is 12.2. The number of hydrogen-bond acceptors (Lipinski definition) is 5. The van der Waals surface area contributed by atoms with E-state index in [0.717, 1.165) is 24.3 Å². The first-order valence-corrected chi connectivity index (χ1v) is 9.39. The molecule has 1 aliphatic rings. The molecule has 0 spiro atoms. The van der Waals surface area contributed by atoms with Crippen LogP contribution in [0.3, 0.4) is 0 Å². The predicted octanol–water partition coefficient (Wildman–Crippen LogP) is 4.47. The fraction of sp³-hybridized carbons (Fsp3) is 0.278. The number of carbonyl (C=O) groups is 1. The van der Waals surface area contributed by atoms with Crippen LogP contribution in [0.1, 0.15) is 35.0 Å². The van der Waals surface area contributed by atoms with E-state index in [4.69, 9.17) is 16.1 Å². The van der Waals surface area contributed by atoms with Crippen LogP contribution < -0.4 is 0 Å². The zero-order chi connectivity index (χ0) is 17.2. The van der Waals surface area contributed by atoms with Crippen molar-refractivity contribution < 1.29 is 9.32 Å². The fourth-order valence-corrected chi connectivity index (χ4v) is 3.91. The number of likely N-dealkylation sites (tertiary alicyclic amines) is 1. The lowest BCUT2D eigenvalue weighted by atomic mass is 9.97. The average molecular weight is 374 g/mol. The molecule has 0 radical (unpaired) electrons. The van der Waals surface area contributed by atoms with Crippen LogP contribution >= 0.6 is 22.9 Å². The van der Waals surface area contributed by atoms with Gasteiger partial charge in [-0.15, -0.1) is 11.3 Å². The maximum absolute atomic E-state index is 12.7. The van der Waals surface area contributed by atoms with E-state index in [-0.39, 0.29) is 11.8 Å². The molecule has 3 aromatic rings. The van der Waals surface area contributed by atoms with Gasteiger partial charge in [-0.2, -0.15) is 4.98 Å². The van der Waals surface area contributed by atoms with Gasteiger partial charge >= 0.3 is 0 Å². The summed E-state index contributed by atoms with van der Waals surface area (Å²) in [6, 6.07) is 11.0. The van der Waals surface area contributed by atoms with Crippen LogP contribution in [0.25, 0.3) is 10.7 Å². The molecule has 25 heavy (non-hydrogen) atoms. The van der Waals surface area contributed by atoms with E-state index < -0.39 is 0 Å². The van der Waals surface area contributed by atoms with Gasteiger partial charge in [0.25, 0.3) is 5.91 Å². The van der Waals surface area contributed by atoms with E-state index in [1.165, 1.54) is 0 Å². The van der Waals surface area contributed by atoms with E-state index in [2.05, 4.69) is 10.1 Å². The molecule has 4 rings (SSSR count). The van der Waals surface area contributed by atoms with Gasteiger partial charge in [0.15, 0.2) is 0 Å². The molecule has 1 aliphatic heterocycles. The SMILES string of the molecule is O=C(c1cccc(Cl)c1)N1CCCC(c2nc(-c3cccs3)no2)C1. The van der Waals surface area contributed by atoms with Crippen molar-refractivity contribution >= 4 is 28.8 Å². The van der Waals surface area contributed by atoms with Crippen molar-refractivity contribution in [2.45, 2.75) is 18.8 Å². The summed E-state index contributed by atoms with van der Waals surface area (Å²) < 4.78 is 5.47. The van der Waals surface area contributed by atoms with Gasteiger partial charge < -0.3 is 9.42 Å². The van der Waals surface area contributed by atoms with Crippen LogP contribution in [-0.2, 0) is 0 Å². The second-order valence-electron chi connectivity index (χ2n) is 6.03. The molecule has 0 bridgehead atoms. The molecule has 1 amide bonds. The fourth-order valence-electron chi connectivity index (χ4n) is 3.07. The van der Waals surface area contributed by atoms with Crippen molar-refractivity contribution in [2.75, 3.05) is 13.1 Å². The zero-order valence-electron chi connectivity index (χ0n) is 13.4. The van der Waals surface area contributed by atoms with Crippen molar-refractivity contribution in [3.05, 3.63) is 58.3 Å². The molecule has 1 aromatic carbocycles. The second kappa shape index (κ2) is 6.98. The molecule has 0 N–H and O–H groups in total. The summed E-state index contributed by atoms with van der Waals surface area (Å²) in [5.41, 5.74) is 0.609. The van der Waals surface area contributed by atoms with E-state index >= 15 is 0 Å². The predicted molar refractivity (Wildman–Crippen MR) is 96.9 cm³/mol. The smallest absolute Gasteiger partial charge is 0.253 e. The van der Waals surface area contributed by atoms with Crippen molar-refractivity contribution in [1.82, 2.24) is 15.0 Å². The third-order valence-corrected chi connectivity index (χ3v) is 5.41. The van der Waals surface area contributed by atoms with Crippen LogP contribution in [-0.4, -0.2) is 34.0 Å². The Morgan fingerprint density at radius 2 is 2.24 bits per heavy atom. The summed E-state index contributed by atoms with van der Waals surface area (Å²) in [4.78, 5) is 20.1. The van der Waals surface area contributed by atoms with Crippen LogP contribution in [0.15, 0.2) is 46.3 Å². The van der Waals surface area contributed by atoms with Crippen LogP contribution in [0.4, 0.5) is 0 Å². The minimum Gasteiger partial charge on any atom is -0.339 e. The highest BCUT2D eigenvalue weighted by atomic mass is 35.5. The number of amides is 1. The van der Waals surface area contributed by atoms with E-state index in [1.807, 2.05) is 22.4 Å². The molecular weight excluding hydrogens is 358 g/mol. The maximum atomic E-state index is 12.7. The lowest BCUT2D eigenvalue weighted by Gasteiger charge is -2.31. The van der Waals surface area contributed by atoms with E-state index in [9.17, 15) is 4.79 Å². The molecule has 2 aromatic heterocycles. The Morgan fingerprint density at radius 3 is 3.04 bits per heavy atom. The van der Waals surface area contributed by atoms with Gasteiger partial charge in [-0.1, -0.05) is 28.9 Å². The highest BCUT2D eigenvalue weighted by molar-refractivity contribution is 7.13. The number of rotatable bonds is 3. The van der Waals surface area contributed by atoms with Crippen molar-refractivity contribution in [1.29, 1.82) is 0 Å². The Labute approximate surface area is 154 Å². The summed E-state index contributed by atoms with van der Waals surface area (Å²) in [5, 5.41) is 6.63. The summed E-state index contributed by atoms with van der Waals surface area (Å²) in [5.74, 6) is 1.28. The number of carbonyl (C=O) groups excluding carboxylic acids is 1. The van der Waals surface area contributed by atoms with Gasteiger partial charge in [0.1, 0.15) is 0 Å². The normalized spacial score (nSPS) is 17.6. The molecule has 1 unspecified atom stereocenters. The monoisotopic (exact) mass is 373 g/mol. The summed E-state index contributed by atoms with van der Waals surface area (Å²) in [6.45, 7) is 1.31. The first-order valence-electron chi connectivity index (χ1n) is 8.13. The van der Waals surface area contributed by atoms with Gasteiger partial charge in [0.2, 0.25) is 11.7 Å². The van der Waals surface area contributed by atoms with Crippen molar-refractivity contribution in [3.63, 3.8) is 0 Å². The van der Waals surface area contributed by atoms with Gasteiger partial charge in [-0.05, 0) is 42.5 Å². The standard InChI is InChI=1S/C18H16ClN3O2S/c19-14-6-1-4-12(10-14)18(23)22-8-2-5-13(11-22)17-20-16(21-24-17)15-7-3-9-25-15/h1,3-4,6-7,9-10,13H,2,5,8,11H2. The summed E-state index contributed by atoms with van der Waals surface area (Å²) in [6.07, 6.45) is 1.85. The average Bonchev–Trinajstić information content (AvgIpc) is 3.32. The molecule has 0 saturated carbocycles. The van der Waals surface area contributed by atoms with Crippen LogP contribution in [0.5, 0.6) is 0 Å². The summed E-state index contributed by atoms with van der Waals surface area (Å²) >= 11 is 7.58. The lowest BCUT2D eigenvalue weighted by Crippen LogP contribution is -2.39. The minimum atomic E-state index is -0.00908. The molecule has 1 saturated heterocycles. The third kappa shape index (κ3) is 3.45. The van der Waals surface area contributed by atoms with Gasteiger partial charge in [-0.3, -0.25) is 4.79 Å². The third-order valence-electron chi connectivity index (χ3n) is 4.31. The Hall–Kier alpha value is -2.18. The minimum absolute atomic E-state index is 0.00908. The Balaban J connectivity index is 1.50. The number of piperidine rings is 1. The number of thiophene rings is 1. The number of nitrogens with zero attached hydrogens (tertiary/aromatic N) is 3. The highest BCUT2D eigenvalue weighted by Gasteiger charge is 2.29. The quantitative estimate of drug-likeness (QED) is 0.679. The van der Waals surface area contributed by atoms with Crippen molar-refractivity contribution in [3.8, 4) is 10.7 Å². The summed E-state index contributed by atoms with van der Waals surface area (Å²) in [7, 11) is 0. The number of benzene rings is 1. The number of aromatic nitrogens is 2. The molecule has 5 nitrogen and oxygen atoms in total. The van der Waals surface area contributed by atoms with E-state index in [0.29, 0.717) is 28.8 Å². The Kier molecular flexibility index (Phi) is 4.55. The molecule has 7 heteroatoms. The molecule has 1 atom stereocenters. The first kappa shape index (κ1) is 16.3. The van der Waals surface area contributed by atoms with Crippen LogP contribution in [0, 0.1) is 0 Å². The highest BCUT2D eigenvalue weighted by Crippen LogP contribution is 2.29. The number of halogens is 1. The van der Waals surface area contributed by atoms with Gasteiger partial charge in [0.05, 0.1) is 10.8 Å². The maximum Gasteiger partial charge on any atom is 0.253 e. The zero-order valence-corrected chi connectivity index (χ0v) is 15.0. The second-order valence-corrected chi connectivity index (χ2v) is 7.42. The molecule has 128 valence electrons. The molecular formula is C18H16ClN3O2S. The van der Waals surface area contributed by atoms with Gasteiger partial charge in [-0.25, -0.2) is 0 Å².